The summed E-state index contributed by atoms with van der Waals surface area (Å²) in [5, 5.41) is 13.3. The van der Waals surface area contributed by atoms with E-state index in [4.69, 9.17) is 0 Å². The van der Waals surface area contributed by atoms with Crippen molar-refractivity contribution in [3.63, 3.8) is 0 Å². The van der Waals surface area contributed by atoms with Crippen molar-refractivity contribution in [3.05, 3.63) is 18.5 Å². The van der Waals surface area contributed by atoms with Crippen molar-refractivity contribution in [2.75, 3.05) is 6.54 Å². The molecular weight excluding hydrogens is 234 g/mol. The van der Waals surface area contributed by atoms with Crippen LogP contribution in [0.2, 0.25) is 0 Å². The fourth-order valence-electron chi connectivity index (χ4n) is 2.36. The average molecular weight is 251 g/mol. The zero-order valence-corrected chi connectivity index (χ0v) is 10.4. The van der Waals surface area contributed by atoms with E-state index >= 15 is 0 Å². The highest BCUT2D eigenvalue weighted by molar-refractivity contribution is 5.86. The molecule has 1 unspecified atom stereocenters. The van der Waals surface area contributed by atoms with Crippen LogP contribution in [0.25, 0.3) is 0 Å². The summed E-state index contributed by atoms with van der Waals surface area (Å²) in [5.41, 5.74) is -1.08. The van der Waals surface area contributed by atoms with Gasteiger partial charge in [-0.15, -0.1) is 0 Å². The average Bonchev–Trinajstić information content (AvgIpc) is 2.82. The highest BCUT2D eigenvalue weighted by atomic mass is 16.4. The number of carbonyl (C=O) groups excluding carboxylic acids is 1. The van der Waals surface area contributed by atoms with Crippen molar-refractivity contribution in [1.29, 1.82) is 0 Å². The van der Waals surface area contributed by atoms with E-state index in [0.717, 1.165) is 12.8 Å². The van der Waals surface area contributed by atoms with Gasteiger partial charge in [0.1, 0.15) is 12.1 Å². The van der Waals surface area contributed by atoms with Crippen LogP contribution < -0.4 is 0 Å². The highest BCUT2D eigenvalue weighted by Gasteiger charge is 2.43. The molecule has 1 aliphatic heterocycles. The molecular formula is C12H17N3O3. The van der Waals surface area contributed by atoms with Crippen molar-refractivity contribution >= 4 is 11.9 Å². The Labute approximate surface area is 105 Å². The molecule has 1 aromatic heterocycles. The van der Waals surface area contributed by atoms with Gasteiger partial charge in [0.05, 0.1) is 0 Å². The second-order valence-corrected chi connectivity index (χ2v) is 4.79. The van der Waals surface area contributed by atoms with Crippen molar-refractivity contribution in [3.8, 4) is 0 Å². The Balaban J connectivity index is 2.14. The van der Waals surface area contributed by atoms with E-state index in [1.165, 1.54) is 9.58 Å². The number of carbonyl (C=O) groups is 2. The Morgan fingerprint density at radius 1 is 1.44 bits per heavy atom. The number of nitrogens with zero attached hydrogens (tertiary/aromatic N) is 3. The van der Waals surface area contributed by atoms with Gasteiger partial charge in [0.15, 0.2) is 0 Å². The summed E-state index contributed by atoms with van der Waals surface area (Å²) in [6.07, 6.45) is 5.50. The lowest BCUT2D eigenvalue weighted by molar-refractivity contribution is -0.161. The van der Waals surface area contributed by atoms with Gasteiger partial charge < -0.3 is 10.0 Å². The van der Waals surface area contributed by atoms with Gasteiger partial charge in [-0.05, 0) is 32.3 Å². The summed E-state index contributed by atoms with van der Waals surface area (Å²) < 4.78 is 1.51. The molecule has 18 heavy (non-hydrogen) atoms. The molecule has 1 atom stereocenters. The number of likely N-dealkylation sites (tertiary alicyclic amines) is 1. The number of amides is 1. The standard InChI is InChI=1S/C12H17N3O3/c1-12(11(17)18)5-2-3-8-15(12)10(16)9-14-7-4-6-13-14/h4,6-7H,2-3,5,8-9H2,1H3,(H,17,18). The lowest BCUT2D eigenvalue weighted by Crippen LogP contribution is -2.58. The van der Waals surface area contributed by atoms with E-state index in [0.29, 0.717) is 13.0 Å². The first-order valence-electron chi connectivity index (χ1n) is 6.05. The zero-order valence-electron chi connectivity index (χ0n) is 10.4. The molecule has 0 saturated carbocycles. The smallest absolute Gasteiger partial charge is 0.329 e. The van der Waals surface area contributed by atoms with Crippen LogP contribution in [-0.2, 0) is 16.1 Å². The van der Waals surface area contributed by atoms with Crippen LogP contribution in [0, 0.1) is 0 Å². The molecule has 0 radical (unpaired) electrons. The molecule has 0 aliphatic carbocycles. The summed E-state index contributed by atoms with van der Waals surface area (Å²) in [5.74, 6) is -1.13. The number of hydrogen-bond donors (Lipinski definition) is 1. The SMILES string of the molecule is CC1(C(=O)O)CCCCN1C(=O)Cn1cccn1. The van der Waals surface area contributed by atoms with Gasteiger partial charge in [-0.3, -0.25) is 9.48 Å². The molecule has 0 aromatic carbocycles. The van der Waals surface area contributed by atoms with E-state index in [-0.39, 0.29) is 12.5 Å². The minimum atomic E-state index is -1.08. The summed E-state index contributed by atoms with van der Waals surface area (Å²) >= 11 is 0. The molecule has 0 spiro atoms. The summed E-state index contributed by atoms with van der Waals surface area (Å²) in [6, 6.07) is 1.74. The Bertz CT molecular complexity index is 443. The van der Waals surface area contributed by atoms with Crippen LogP contribution in [0.5, 0.6) is 0 Å². The number of carboxylic acids is 1. The maximum Gasteiger partial charge on any atom is 0.329 e. The first-order valence-corrected chi connectivity index (χ1v) is 6.05. The molecule has 1 aromatic rings. The Morgan fingerprint density at radius 2 is 2.22 bits per heavy atom. The molecule has 1 saturated heterocycles. The maximum atomic E-state index is 12.2. The molecule has 98 valence electrons. The van der Waals surface area contributed by atoms with E-state index in [1.807, 2.05) is 0 Å². The van der Waals surface area contributed by atoms with Gasteiger partial charge >= 0.3 is 5.97 Å². The van der Waals surface area contributed by atoms with Gasteiger partial charge in [-0.2, -0.15) is 5.10 Å². The van der Waals surface area contributed by atoms with Crippen LogP contribution >= 0.6 is 0 Å². The number of aromatic nitrogens is 2. The predicted octanol–water partition coefficient (Wildman–Crippen LogP) is 0.739. The quantitative estimate of drug-likeness (QED) is 0.859. The minimum Gasteiger partial charge on any atom is -0.480 e. The predicted molar refractivity (Wildman–Crippen MR) is 63.8 cm³/mol. The van der Waals surface area contributed by atoms with Crippen molar-refractivity contribution in [2.24, 2.45) is 0 Å². The third kappa shape index (κ3) is 2.23. The third-order valence-corrected chi connectivity index (χ3v) is 3.51. The minimum absolute atomic E-state index is 0.0931. The van der Waals surface area contributed by atoms with E-state index in [2.05, 4.69) is 5.10 Å². The molecule has 6 heteroatoms. The van der Waals surface area contributed by atoms with Gasteiger partial charge in [0.25, 0.3) is 0 Å². The lowest BCUT2D eigenvalue weighted by atomic mass is 9.88. The summed E-state index contributed by atoms with van der Waals surface area (Å²) in [4.78, 5) is 25.0. The lowest BCUT2D eigenvalue weighted by Gasteiger charge is -2.41. The number of aliphatic carboxylic acids is 1. The van der Waals surface area contributed by atoms with Crippen LogP contribution in [-0.4, -0.2) is 43.7 Å². The largest absolute Gasteiger partial charge is 0.480 e. The van der Waals surface area contributed by atoms with Crippen molar-refractivity contribution < 1.29 is 14.7 Å². The molecule has 6 nitrogen and oxygen atoms in total. The van der Waals surface area contributed by atoms with Crippen LogP contribution in [0.15, 0.2) is 18.5 Å². The van der Waals surface area contributed by atoms with Gasteiger partial charge in [0, 0.05) is 18.9 Å². The molecule has 1 N–H and O–H groups in total. The number of rotatable bonds is 3. The summed E-state index contributed by atoms with van der Waals surface area (Å²) in [7, 11) is 0. The summed E-state index contributed by atoms with van der Waals surface area (Å²) in [6.45, 7) is 2.22. The van der Waals surface area contributed by atoms with Gasteiger partial charge in [0.2, 0.25) is 5.91 Å². The van der Waals surface area contributed by atoms with Gasteiger partial charge in [-0.25, -0.2) is 4.79 Å². The third-order valence-electron chi connectivity index (χ3n) is 3.51. The zero-order chi connectivity index (χ0) is 13.2. The Morgan fingerprint density at radius 3 is 2.83 bits per heavy atom. The van der Waals surface area contributed by atoms with E-state index in [1.54, 1.807) is 25.4 Å². The fourth-order valence-corrected chi connectivity index (χ4v) is 2.36. The molecule has 2 rings (SSSR count). The maximum absolute atomic E-state index is 12.2. The Hall–Kier alpha value is -1.85. The second-order valence-electron chi connectivity index (χ2n) is 4.79. The molecule has 1 aliphatic rings. The molecule has 1 fully saturated rings. The molecule has 2 heterocycles. The van der Waals surface area contributed by atoms with Crippen LogP contribution in [0.4, 0.5) is 0 Å². The highest BCUT2D eigenvalue weighted by Crippen LogP contribution is 2.28. The van der Waals surface area contributed by atoms with Crippen LogP contribution in [0.1, 0.15) is 26.2 Å². The second kappa shape index (κ2) is 4.80. The van der Waals surface area contributed by atoms with E-state index < -0.39 is 11.5 Å². The topological polar surface area (TPSA) is 75.4 Å². The number of hydrogen-bond acceptors (Lipinski definition) is 3. The van der Waals surface area contributed by atoms with Gasteiger partial charge in [-0.1, -0.05) is 0 Å². The molecule has 0 bridgehead atoms. The fraction of sp³-hybridized carbons (Fsp3) is 0.583. The van der Waals surface area contributed by atoms with Crippen LogP contribution in [0.3, 0.4) is 0 Å². The molecule has 1 amide bonds. The van der Waals surface area contributed by atoms with E-state index in [9.17, 15) is 14.7 Å². The first-order chi connectivity index (χ1) is 8.54. The number of piperidine rings is 1. The first kappa shape index (κ1) is 12.6. The normalized spacial score (nSPS) is 23.9. The number of carboxylic acid groups (broad SMARTS) is 1. The van der Waals surface area contributed by atoms with Crippen molar-refractivity contribution in [2.45, 2.75) is 38.3 Å². The van der Waals surface area contributed by atoms with Crippen molar-refractivity contribution in [1.82, 2.24) is 14.7 Å². The monoisotopic (exact) mass is 251 g/mol. The Kier molecular flexibility index (Phi) is 3.36.